The number of rotatable bonds is 7. The van der Waals surface area contributed by atoms with Gasteiger partial charge in [0.2, 0.25) is 0 Å². The van der Waals surface area contributed by atoms with Crippen LogP contribution in [0.5, 0.6) is 11.5 Å². The molecule has 41 heavy (non-hydrogen) atoms. The SMILES string of the molecule is CC(C)N(C)C(=O)c1cc(F)ccc1Oc1cncnc1N1CCC2(CCC(Cc3ccc4[nH]c(=O)[nH]c4c3)C2)N1. The minimum atomic E-state index is -0.511. The summed E-state index contributed by atoms with van der Waals surface area (Å²) in [5.41, 5.74) is 6.49. The molecule has 2 aliphatic rings. The van der Waals surface area contributed by atoms with Gasteiger partial charge in [-0.25, -0.2) is 24.6 Å². The fraction of sp³-hybridized carbons (Fsp3) is 0.400. The number of H-pyrrole nitrogens is 2. The maximum atomic E-state index is 14.2. The lowest BCUT2D eigenvalue weighted by Crippen LogP contribution is -2.44. The first-order chi connectivity index (χ1) is 19.7. The smallest absolute Gasteiger partial charge is 0.323 e. The Labute approximate surface area is 236 Å². The van der Waals surface area contributed by atoms with Gasteiger partial charge in [-0.1, -0.05) is 6.07 Å². The highest BCUT2D eigenvalue weighted by Crippen LogP contribution is 2.43. The number of amides is 1. The maximum Gasteiger partial charge on any atom is 0.323 e. The summed E-state index contributed by atoms with van der Waals surface area (Å²) in [4.78, 5) is 40.6. The Morgan fingerprint density at radius 1 is 1.17 bits per heavy atom. The second-order valence-electron chi connectivity index (χ2n) is 11.5. The molecule has 1 aliphatic carbocycles. The number of hydrazine groups is 1. The van der Waals surface area contributed by atoms with Gasteiger partial charge in [-0.2, -0.15) is 0 Å². The van der Waals surface area contributed by atoms with Crippen LogP contribution in [-0.2, 0) is 6.42 Å². The van der Waals surface area contributed by atoms with Gasteiger partial charge in [-0.05, 0) is 87.8 Å². The van der Waals surface area contributed by atoms with Crippen molar-refractivity contribution in [2.24, 2.45) is 5.92 Å². The number of hydrogen-bond donors (Lipinski definition) is 3. The molecule has 2 unspecified atom stereocenters. The lowest BCUT2D eigenvalue weighted by molar-refractivity contribution is 0.0751. The van der Waals surface area contributed by atoms with Crippen molar-refractivity contribution in [1.29, 1.82) is 0 Å². The molecule has 2 aromatic carbocycles. The van der Waals surface area contributed by atoms with Crippen molar-refractivity contribution in [3.8, 4) is 11.5 Å². The highest BCUT2D eigenvalue weighted by molar-refractivity contribution is 5.97. The number of nitrogens with zero attached hydrogens (tertiary/aromatic N) is 4. The molecule has 4 aromatic rings. The van der Waals surface area contributed by atoms with Gasteiger partial charge in [0.15, 0.2) is 11.6 Å². The van der Waals surface area contributed by atoms with Crippen molar-refractivity contribution in [3.05, 3.63) is 76.4 Å². The van der Waals surface area contributed by atoms with Crippen molar-refractivity contribution < 1.29 is 13.9 Å². The summed E-state index contributed by atoms with van der Waals surface area (Å²) in [5, 5.41) is 2.00. The summed E-state index contributed by atoms with van der Waals surface area (Å²) in [6, 6.07) is 9.99. The van der Waals surface area contributed by atoms with Crippen LogP contribution in [0.3, 0.4) is 0 Å². The number of imidazole rings is 1. The lowest BCUT2D eigenvalue weighted by atomic mass is 9.91. The van der Waals surface area contributed by atoms with Crippen LogP contribution in [0.25, 0.3) is 11.0 Å². The number of carbonyl (C=O) groups excluding carboxylic acids is 1. The number of aromatic amines is 2. The largest absolute Gasteiger partial charge is 0.451 e. The number of nitrogens with one attached hydrogen (secondary N) is 3. The number of benzene rings is 2. The summed E-state index contributed by atoms with van der Waals surface area (Å²) >= 11 is 0. The second kappa shape index (κ2) is 10.6. The first-order valence-corrected chi connectivity index (χ1v) is 14.0. The van der Waals surface area contributed by atoms with Gasteiger partial charge in [0.1, 0.15) is 17.9 Å². The molecule has 0 radical (unpaired) electrons. The molecule has 3 N–H and O–H groups in total. The third-order valence-corrected chi connectivity index (χ3v) is 8.40. The number of fused-ring (bicyclic) bond motifs is 1. The van der Waals surface area contributed by atoms with Crippen LogP contribution in [-0.4, -0.2) is 55.9 Å². The first kappa shape index (κ1) is 26.9. The van der Waals surface area contributed by atoms with Crippen LogP contribution in [0.4, 0.5) is 10.2 Å². The van der Waals surface area contributed by atoms with Crippen LogP contribution >= 0.6 is 0 Å². The maximum absolute atomic E-state index is 14.2. The standard InChI is InChI=1S/C30H34FN7O3/c1-18(2)37(3)28(39)22-14-21(31)5-7-25(22)41-26-16-32-17-33-27(26)38-11-10-30(36-38)9-8-20(15-30)12-19-4-6-23-24(13-19)35-29(40)34-23/h4-7,13-14,16-18,20,36H,8-12,15H2,1-3H3,(H2,34,35,40). The summed E-state index contributed by atoms with van der Waals surface area (Å²) < 4.78 is 20.4. The minimum Gasteiger partial charge on any atom is -0.451 e. The molecular formula is C30H34FN7O3. The second-order valence-corrected chi connectivity index (χ2v) is 11.5. The van der Waals surface area contributed by atoms with Gasteiger partial charge in [0, 0.05) is 25.2 Å². The van der Waals surface area contributed by atoms with Crippen LogP contribution < -0.4 is 20.9 Å². The van der Waals surface area contributed by atoms with E-state index in [0.717, 1.165) is 49.7 Å². The zero-order chi connectivity index (χ0) is 28.7. The number of halogens is 1. The van der Waals surface area contributed by atoms with E-state index in [0.29, 0.717) is 17.5 Å². The van der Waals surface area contributed by atoms with E-state index in [1.165, 1.54) is 30.1 Å². The van der Waals surface area contributed by atoms with Crippen LogP contribution in [0.15, 0.2) is 53.7 Å². The summed E-state index contributed by atoms with van der Waals surface area (Å²) in [6.45, 7) is 4.53. The molecule has 0 bridgehead atoms. The summed E-state index contributed by atoms with van der Waals surface area (Å²) in [7, 11) is 1.68. The van der Waals surface area contributed by atoms with Crippen molar-refractivity contribution in [1.82, 2.24) is 30.3 Å². The molecule has 1 saturated carbocycles. The molecule has 2 aromatic heterocycles. The van der Waals surface area contributed by atoms with Crippen LogP contribution in [0, 0.1) is 11.7 Å². The molecule has 3 heterocycles. The van der Waals surface area contributed by atoms with E-state index in [1.807, 2.05) is 24.9 Å². The van der Waals surface area contributed by atoms with Crippen molar-refractivity contribution in [3.63, 3.8) is 0 Å². The molecule has 214 valence electrons. The predicted octanol–water partition coefficient (Wildman–Crippen LogP) is 4.55. The van der Waals surface area contributed by atoms with Crippen molar-refractivity contribution >= 4 is 22.8 Å². The number of anilines is 1. The van der Waals surface area contributed by atoms with E-state index < -0.39 is 5.82 Å². The Balaban J connectivity index is 1.17. The van der Waals surface area contributed by atoms with Crippen molar-refractivity contribution in [2.75, 3.05) is 18.6 Å². The van der Waals surface area contributed by atoms with Gasteiger partial charge in [-0.15, -0.1) is 0 Å². The first-order valence-electron chi connectivity index (χ1n) is 14.0. The molecule has 1 amide bonds. The lowest BCUT2D eigenvalue weighted by Gasteiger charge is -2.27. The molecule has 1 spiro atoms. The molecule has 11 heteroatoms. The van der Waals surface area contributed by atoms with Gasteiger partial charge in [-0.3, -0.25) is 9.80 Å². The van der Waals surface area contributed by atoms with Crippen molar-refractivity contribution in [2.45, 2.75) is 57.5 Å². The average molecular weight is 560 g/mol. The van der Waals surface area contributed by atoms with Gasteiger partial charge in [0.05, 0.1) is 22.8 Å². The quantitative estimate of drug-likeness (QED) is 0.304. The van der Waals surface area contributed by atoms with Gasteiger partial charge in [0.25, 0.3) is 5.91 Å². The number of hydrogen-bond acceptors (Lipinski definition) is 7. The molecular weight excluding hydrogens is 525 g/mol. The summed E-state index contributed by atoms with van der Waals surface area (Å²) in [6.07, 6.45) is 8.09. The fourth-order valence-corrected chi connectivity index (χ4v) is 6.05. The Morgan fingerprint density at radius 3 is 2.83 bits per heavy atom. The van der Waals surface area contributed by atoms with E-state index in [1.54, 1.807) is 18.1 Å². The van der Waals surface area contributed by atoms with Crippen LogP contribution in [0.1, 0.15) is 55.5 Å². The normalized spacial score (nSPS) is 20.4. The van der Waals surface area contributed by atoms with Crippen LogP contribution in [0.2, 0.25) is 0 Å². The van der Waals surface area contributed by atoms with E-state index in [4.69, 9.17) is 4.74 Å². The molecule has 1 saturated heterocycles. The van der Waals surface area contributed by atoms with E-state index in [2.05, 4.69) is 37.5 Å². The molecule has 6 rings (SSSR count). The molecule has 2 atom stereocenters. The molecule has 2 fully saturated rings. The Bertz CT molecular complexity index is 1650. The van der Waals surface area contributed by atoms with Gasteiger partial charge < -0.3 is 19.6 Å². The zero-order valence-electron chi connectivity index (χ0n) is 23.4. The Morgan fingerprint density at radius 2 is 2.00 bits per heavy atom. The Hall–Kier alpha value is -4.25. The highest BCUT2D eigenvalue weighted by Gasteiger charge is 2.44. The monoisotopic (exact) mass is 559 g/mol. The average Bonchev–Trinajstić information content (AvgIpc) is 3.66. The minimum absolute atomic E-state index is 0.0453. The third kappa shape index (κ3) is 5.41. The fourth-order valence-electron chi connectivity index (χ4n) is 6.05. The van der Waals surface area contributed by atoms with E-state index >= 15 is 0 Å². The predicted molar refractivity (Wildman–Crippen MR) is 154 cm³/mol. The van der Waals surface area contributed by atoms with E-state index in [9.17, 15) is 14.0 Å². The molecule has 10 nitrogen and oxygen atoms in total. The van der Waals surface area contributed by atoms with E-state index in [-0.39, 0.29) is 34.5 Å². The van der Waals surface area contributed by atoms with Gasteiger partial charge >= 0.3 is 5.69 Å². The summed E-state index contributed by atoms with van der Waals surface area (Å²) in [5.74, 6) is 0.871. The highest BCUT2D eigenvalue weighted by atomic mass is 19.1. The number of ether oxygens (including phenoxy) is 1. The Kier molecular flexibility index (Phi) is 6.98. The number of aromatic nitrogens is 4. The zero-order valence-corrected chi connectivity index (χ0v) is 23.4. The number of carbonyl (C=O) groups is 1. The topological polar surface area (TPSA) is 119 Å². The third-order valence-electron chi connectivity index (χ3n) is 8.40. The molecule has 1 aliphatic heterocycles.